The maximum atomic E-state index is 13.1. The summed E-state index contributed by atoms with van der Waals surface area (Å²) in [4.78, 5) is 72.8. The highest BCUT2D eigenvalue weighted by atomic mass is 31.2. The van der Waals surface area contributed by atoms with Gasteiger partial charge in [-0.3, -0.25) is 37.3 Å². The number of carbonyl (C=O) groups is 4. The van der Waals surface area contributed by atoms with Gasteiger partial charge in [-0.15, -0.1) is 0 Å². The first-order valence-electron chi connectivity index (χ1n) is 40.3. The Labute approximate surface area is 594 Å². The molecule has 0 saturated carbocycles. The summed E-state index contributed by atoms with van der Waals surface area (Å²) in [6, 6.07) is 0. The summed E-state index contributed by atoms with van der Waals surface area (Å²) in [6.07, 6.45) is 55.6. The van der Waals surface area contributed by atoms with Crippen molar-refractivity contribution in [3.05, 3.63) is 0 Å². The predicted octanol–water partition coefficient (Wildman–Crippen LogP) is 23.0. The fraction of sp³-hybridized carbons (Fsp3) is 0.949. The molecule has 576 valence electrons. The lowest BCUT2D eigenvalue weighted by Crippen LogP contribution is -2.30. The Balaban J connectivity index is 5.19. The van der Waals surface area contributed by atoms with Crippen molar-refractivity contribution >= 4 is 39.5 Å². The minimum atomic E-state index is -4.96. The zero-order valence-corrected chi connectivity index (χ0v) is 65.3. The van der Waals surface area contributed by atoms with Crippen LogP contribution in [0.4, 0.5) is 0 Å². The Kier molecular flexibility index (Phi) is 67.1. The highest BCUT2D eigenvalue weighted by molar-refractivity contribution is 7.47. The van der Waals surface area contributed by atoms with Crippen molar-refractivity contribution < 1.29 is 80.2 Å². The molecule has 3 N–H and O–H groups in total. The average molecular weight is 1420 g/mol. The van der Waals surface area contributed by atoms with E-state index in [1.807, 2.05) is 0 Å². The minimum Gasteiger partial charge on any atom is -0.462 e. The first-order chi connectivity index (χ1) is 46.7. The van der Waals surface area contributed by atoms with E-state index in [1.54, 1.807) is 0 Å². The van der Waals surface area contributed by atoms with Crippen LogP contribution in [0.1, 0.15) is 402 Å². The summed E-state index contributed by atoms with van der Waals surface area (Å²) in [6.45, 7) is 11.9. The molecule has 0 bridgehead atoms. The fourth-order valence-corrected chi connectivity index (χ4v) is 13.5. The average Bonchev–Trinajstić information content (AvgIpc) is 1.13. The molecule has 0 spiro atoms. The molecule has 0 aromatic rings. The summed E-state index contributed by atoms with van der Waals surface area (Å²) < 4.78 is 68.5. The van der Waals surface area contributed by atoms with Crippen LogP contribution in [0.3, 0.4) is 0 Å². The topological polar surface area (TPSA) is 237 Å². The second-order valence-corrected chi connectivity index (χ2v) is 32.4. The minimum absolute atomic E-state index is 0.106. The molecule has 2 unspecified atom stereocenters. The van der Waals surface area contributed by atoms with Gasteiger partial charge in [-0.2, -0.15) is 0 Å². The smallest absolute Gasteiger partial charge is 0.462 e. The van der Waals surface area contributed by atoms with Gasteiger partial charge in [0.2, 0.25) is 0 Å². The van der Waals surface area contributed by atoms with E-state index < -0.39 is 97.5 Å². The normalized spacial score (nSPS) is 14.0. The van der Waals surface area contributed by atoms with Gasteiger partial charge in [-0.25, -0.2) is 9.13 Å². The Hall–Kier alpha value is -1.94. The number of rotatable bonds is 76. The number of ether oxygens (including phenoxy) is 4. The van der Waals surface area contributed by atoms with Gasteiger partial charge in [0, 0.05) is 25.7 Å². The van der Waals surface area contributed by atoms with Crippen molar-refractivity contribution in [2.45, 2.75) is 420 Å². The molecular formula is C78H152O17P2. The molecule has 97 heavy (non-hydrogen) atoms. The molecule has 0 aromatic heterocycles. The summed E-state index contributed by atoms with van der Waals surface area (Å²) in [5.41, 5.74) is 0. The number of hydrogen-bond acceptors (Lipinski definition) is 15. The quantitative estimate of drug-likeness (QED) is 0.0222. The van der Waals surface area contributed by atoms with E-state index in [4.69, 9.17) is 37.0 Å². The Morgan fingerprint density at radius 3 is 0.701 bits per heavy atom. The van der Waals surface area contributed by atoms with Crippen molar-refractivity contribution in [2.24, 2.45) is 17.8 Å². The predicted molar refractivity (Wildman–Crippen MR) is 395 cm³/mol. The molecule has 17 nitrogen and oxygen atoms in total. The third-order valence-electron chi connectivity index (χ3n) is 18.1. The van der Waals surface area contributed by atoms with Crippen molar-refractivity contribution in [1.82, 2.24) is 0 Å². The first kappa shape index (κ1) is 95.1. The zero-order valence-electron chi connectivity index (χ0n) is 63.5. The van der Waals surface area contributed by atoms with E-state index in [9.17, 15) is 43.2 Å². The first-order valence-corrected chi connectivity index (χ1v) is 43.3. The van der Waals surface area contributed by atoms with E-state index >= 15 is 0 Å². The number of esters is 4. The number of carbonyl (C=O) groups excluding carboxylic acids is 4. The van der Waals surface area contributed by atoms with Crippen molar-refractivity contribution in [2.75, 3.05) is 39.6 Å². The van der Waals surface area contributed by atoms with E-state index in [-0.39, 0.29) is 25.7 Å². The SMILES string of the molecule is CCCCCCCCCC(=O)OC[C@H](COP(=O)(O)OC[C@H](O)COP(=O)(O)OC[C@@H](COC(=O)CCCCCCCCCCCCCCCC(C)C)OC(=O)CCCCCCCCCCCCCCCCCCC(C)C)OC(=O)CCCCCCCCCCCCCCC(C)C. The number of aliphatic hydroxyl groups is 1. The Morgan fingerprint density at radius 2 is 0.474 bits per heavy atom. The van der Waals surface area contributed by atoms with Crippen molar-refractivity contribution in [1.29, 1.82) is 0 Å². The summed E-state index contributed by atoms with van der Waals surface area (Å²) in [7, 11) is -9.91. The van der Waals surface area contributed by atoms with Crippen LogP contribution in [-0.4, -0.2) is 96.7 Å². The van der Waals surface area contributed by atoms with Gasteiger partial charge >= 0.3 is 39.5 Å². The molecule has 5 atom stereocenters. The van der Waals surface area contributed by atoms with Gasteiger partial charge < -0.3 is 33.8 Å². The van der Waals surface area contributed by atoms with E-state index in [0.29, 0.717) is 25.7 Å². The van der Waals surface area contributed by atoms with Crippen molar-refractivity contribution in [3.63, 3.8) is 0 Å². The molecule has 0 radical (unpaired) electrons. The molecule has 19 heteroatoms. The van der Waals surface area contributed by atoms with Crippen LogP contribution in [0.5, 0.6) is 0 Å². The van der Waals surface area contributed by atoms with Crippen LogP contribution < -0.4 is 0 Å². The van der Waals surface area contributed by atoms with Gasteiger partial charge in [0.1, 0.15) is 19.3 Å². The lowest BCUT2D eigenvalue weighted by molar-refractivity contribution is -0.161. The molecule has 0 heterocycles. The van der Waals surface area contributed by atoms with Gasteiger partial charge in [-0.1, -0.05) is 350 Å². The summed E-state index contributed by atoms with van der Waals surface area (Å²) >= 11 is 0. The lowest BCUT2D eigenvalue weighted by Gasteiger charge is -2.21. The molecule has 0 amide bonds. The number of hydrogen-bond donors (Lipinski definition) is 3. The highest BCUT2D eigenvalue weighted by Crippen LogP contribution is 2.45. The van der Waals surface area contributed by atoms with Crippen LogP contribution in [0.2, 0.25) is 0 Å². The van der Waals surface area contributed by atoms with Gasteiger partial charge in [0.05, 0.1) is 26.4 Å². The molecule has 0 saturated heterocycles. The van der Waals surface area contributed by atoms with Crippen LogP contribution >= 0.6 is 15.6 Å². The second kappa shape index (κ2) is 68.5. The van der Waals surface area contributed by atoms with E-state index in [2.05, 4.69) is 48.5 Å². The van der Waals surface area contributed by atoms with Gasteiger partial charge in [0.25, 0.3) is 0 Å². The van der Waals surface area contributed by atoms with Crippen LogP contribution in [0, 0.1) is 17.8 Å². The Bertz CT molecular complexity index is 1890. The summed E-state index contributed by atoms with van der Waals surface area (Å²) in [5.74, 6) is 0.259. The zero-order chi connectivity index (χ0) is 71.6. The molecule has 0 fully saturated rings. The lowest BCUT2D eigenvalue weighted by atomic mass is 10.0. The molecule has 0 aliphatic rings. The third-order valence-corrected chi connectivity index (χ3v) is 20.0. The molecule has 0 aliphatic carbocycles. The van der Waals surface area contributed by atoms with Gasteiger partial charge in [0.15, 0.2) is 12.2 Å². The molecule has 0 aliphatic heterocycles. The van der Waals surface area contributed by atoms with Crippen LogP contribution in [-0.2, 0) is 65.4 Å². The largest absolute Gasteiger partial charge is 0.472 e. The molecular weight excluding hydrogens is 1270 g/mol. The maximum absolute atomic E-state index is 13.1. The third kappa shape index (κ3) is 72.2. The number of phosphoric acid groups is 2. The fourth-order valence-electron chi connectivity index (χ4n) is 12.0. The molecule has 0 aromatic carbocycles. The van der Waals surface area contributed by atoms with Crippen molar-refractivity contribution in [3.8, 4) is 0 Å². The van der Waals surface area contributed by atoms with E-state index in [1.165, 1.54) is 199 Å². The number of unbranched alkanes of at least 4 members (excludes halogenated alkanes) is 44. The highest BCUT2D eigenvalue weighted by Gasteiger charge is 2.30. The number of phosphoric ester groups is 2. The summed E-state index contributed by atoms with van der Waals surface area (Å²) in [5, 5.41) is 10.6. The van der Waals surface area contributed by atoms with Crippen LogP contribution in [0.25, 0.3) is 0 Å². The van der Waals surface area contributed by atoms with E-state index in [0.717, 1.165) is 120 Å². The monoisotopic (exact) mass is 1420 g/mol. The molecule has 0 rings (SSSR count). The van der Waals surface area contributed by atoms with Crippen LogP contribution in [0.15, 0.2) is 0 Å². The standard InChI is InChI=1S/C78H152O17P2/c1-8-9-10-11-35-45-52-59-75(80)88-65-73(94-77(82)62-55-48-41-34-28-22-21-25-31-38-44-51-58-71(6)7)67-92-96(84,85)90-63-72(79)64-91-97(86,87)93-68-74(66-89-76(81)60-53-46-39-32-26-20-16-18-24-30-37-43-50-57-70(4)5)95-78(83)61-54-47-40-33-27-19-15-13-12-14-17-23-29-36-42-49-56-69(2)3/h69-74,79H,8-68H2,1-7H3,(H,84,85)(H,86,87)/t72-,73+,74+/m0/s1. The number of aliphatic hydroxyl groups excluding tert-OH is 1. The Morgan fingerprint density at radius 1 is 0.278 bits per heavy atom. The maximum Gasteiger partial charge on any atom is 0.472 e. The van der Waals surface area contributed by atoms with Gasteiger partial charge in [-0.05, 0) is 43.4 Å². The second-order valence-electron chi connectivity index (χ2n) is 29.5.